The summed E-state index contributed by atoms with van der Waals surface area (Å²) >= 11 is 7.54. The van der Waals surface area contributed by atoms with E-state index in [1.807, 2.05) is 73.1 Å². The lowest BCUT2D eigenvalue weighted by Gasteiger charge is -2.15. The largest absolute Gasteiger partial charge is 0.349 e. The standard InChI is InChI=1S/C19H19ClN4OS/c1-13(15-10-6-7-11-16(15)20)21-17(25)12-26-19-23-22-18(24(19)2)14-8-4-3-5-9-14/h3-11,13H,12H2,1-2H3,(H,21,25)/t13-/m1/s1. The van der Waals surface area contributed by atoms with Gasteiger partial charge in [-0.15, -0.1) is 10.2 Å². The average Bonchev–Trinajstić information content (AvgIpc) is 3.01. The number of nitrogens with one attached hydrogen (secondary N) is 1. The van der Waals surface area contributed by atoms with E-state index in [4.69, 9.17) is 11.6 Å². The molecule has 1 N–H and O–H groups in total. The normalized spacial score (nSPS) is 12.0. The van der Waals surface area contributed by atoms with E-state index in [1.54, 1.807) is 0 Å². The molecule has 0 aliphatic heterocycles. The van der Waals surface area contributed by atoms with Gasteiger partial charge in [0.15, 0.2) is 11.0 Å². The van der Waals surface area contributed by atoms with E-state index in [0.29, 0.717) is 10.2 Å². The van der Waals surface area contributed by atoms with Crippen molar-refractivity contribution in [2.75, 3.05) is 5.75 Å². The number of nitrogens with zero attached hydrogens (tertiary/aromatic N) is 3. The van der Waals surface area contributed by atoms with Crippen LogP contribution in [0.2, 0.25) is 5.02 Å². The first-order chi connectivity index (χ1) is 12.6. The quantitative estimate of drug-likeness (QED) is 0.648. The number of carbonyl (C=O) groups is 1. The van der Waals surface area contributed by atoms with Crippen LogP contribution >= 0.6 is 23.4 Å². The lowest BCUT2D eigenvalue weighted by molar-refractivity contribution is -0.119. The molecule has 0 unspecified atom stereocenters. The van der Waals surface area contributed by atoms with Gasteiger partial charge in [-0.2, -0.15) is 0 Å². The number of hydrogen-bond acceptors (Lipinski definition) is 4. The second-order valence-electron chi connectivity index (χ2n) is 5.83. The third kappa shape index (κ3) is 4.26. The minimum Gasteiger partial charge on any atom is -0.349 e. The van der Waals surface area contributed by atoms with Crippen LogP contribution in [0.15, 0.2) is 59.8 Å². The molecule has 0 bridgehead atoms. The van der Waals surface area contributed by atoms with Crippen LogP contribution in [0, 0.1) is 0 Å². The van der Waals surface area contributed by atoms with Crippen molar-refractivity contribution >= 4 is 29.3 Å². The van der Waals surface area contributed by atoms with Crippen LogP contribution < -0.4 is 5.32 Å². The second-order valence-corrected chi connectivity index (χ2v) is 7.18. The van der Waals surface area contributed by atoms with Gasteiger partial charge in [-0.05, 0) is 18.6 Å². The van der Waals surface area contributed by atoms with Gasteiger partial charge in [0.25, 0.3) is 0 Å². The highest BCUT2D eigenvalue weighted by Crippen LogP contribution is 2.24. The maximum absolute atomic E-state index is 12.3. The lowest BCUT2D eigenvalue weighted by atomic mass is 10.1. The molecule has 0 spiro atoms. The Bertz CT molecular complexity index is 898. The number of halogens is 1. The van der Waals surface area contributed by atoms with E-state index in [0.717, 1.165) is 17.0 Å². The molecule has 3 aromatic rings. The van der Waals surface area contributed by atoms with Crippen molar-refractivity contribution in [1.29, 1.82) is 0 Å². The van der Waals surface area contributed by atoms with Crippen LogP contribution in [0.5, 0.6) is 0 Å². The highest BCUT2D eigenvalue weighted by Gasteiger charge is 2.15. The van der Waals surface area contributed by atoms with E-state index in [-0.39, 0.29) is 17.7 Å². The molecule has 0 aliphatic carbocycles. The van der Waals surface area contributed by atoms with Crippen LogP contribution in [0.25, 0.3) is 11.4 Å². The highest BCUT2D eigenvalue weighted by atomic mass is 35.5. The van der Waals surface area contributed by atoms with Crippen molar-refractivity contribution in [3.8, 4) is 11.4 Å². The number of rotatable bonds is 6. The minimum absolute atomic E-state index is 0.0771. The smallest absolute Gasteiger partial charge is 0.230 e. The third-order valence-corrected chi connectivity index (χ3v) is 5.31. The predicted molar refractivity (Wildman–Crippen MR) is 105 cm³/mol. The highest BCUT2D eigenvalue weighted by molar-refractivity contribution is 7.99. The molecule has 134 valence electrons. The molecule has 0 radical (unpaired) electrons. The van der Waals surface area contributed by atoms with Crippen molar-refractivity contribution in [2.24, 2.45) is 7.05 Å². The minimum atomic E-state index is -0.156. The predicted octanol–water partition coefficient (Wildman–Crippen LogP) is 4.11. The van der Waals surface area contributed by atoms with Gasteiger partial charge < -0.3 is 9.88 Å². The van der Waals surface area contributed by atoms with Crippen LogP contribution in [0.3, 0.4) is 0 Å². The lowest BCUT2D eigenvalue weighted by Crippen LogP contribution is -2.28. The van der Waals surface area contributed by atoms with Crippen LogP contribution in [-0.4, -0.2) is 26.4 Å². The zero-order valence-corrected chi connectivity index (χ0v) is 16.1. The first-order valence-corrected chi connectivity index (χ1v) is 9.54. The van der Waals surface area contributed by atoms with Gasteiger partial charge in [-0.1, -0.05) is 71.9 Å². The number of carbonyl (C=O) groups excluding carboxylic acids is 1. The van der Waals surface area contributed by atoms with Crippen molar-refractivity contribution in [2.45, 2.75) is 18.1 Å². The van der Waals surface area contributed by atoms with E-state index < -0.39 is 0 Å². The van der Waals surface area contributed by atoms with Crippen molar-refractivity contribution < 1.29 is 4.79 Å². The van der Waals surface area contributed by atoms with Gasteiger partial charge in [-0.3, -0.25) is 4.79 Å². The Balaban J connectivity index is 1.60. The summed E-state index contributed by atoms with van der Waals surface area (Å²) < 4.78 is 1.89. The first kappa shape index (κ1) is 18.5. The molecule has 1 aromatic heterocycles. The molecule has 1 heterocycles. The molecule has 0 fully saturated rings. The average molecular weight is 387 g/mol. The molecule has 3 rings (SSSR count). The van der Waals surface area contributed by atoms with Crippen molar-refractivity contribution in [3.63, 3.8) is 0 Å². The van der Waals surface area contributed by atoms with Gasteiger partial charge in [0.1, 0.15) is 0 Å². The summed E-state index contributed by atoms with van der Waals surface area (Å²) in [6, 6.07) is 17.2. The van der Waals surface area contributed by atoms with Crippen molar-refractivity contribution in [1.82, 2.24) is 20.1 Å². The molecule has 2 aromatic carbocycles. The maximum atomic E-state index is 12.3. The van der Waals surface area contributed by atoms with Crippen LogP contribution in [0.1, 0.15) is 18.5 Å². The van der Waals surface area contributed by atoms with E-state index >= 15 is 0 Å². The number of benzene rings is 2. The monoisotopic (exact) mass is 386 g/mol. The first-order valence-electron chi connectivity index (χ1n) is 8.17. The fraction of sp³-hybridized carbons (Fsp3) is 0.211. The number of thioether (sulfide) groups is 1. The van der Waals surface area contributed by atoms with E-state index in [1.165, 1.54) is 11.8 Å². The van der Waals surface area contributed by atoms with Crippen molar-refractivity contribution in [3.05, 3.63) is 65.2 Å². The molecule has 26 heavy (non-hydrogen) atoms. The molecule has 7 heteroatoms. The summed E-state index contributed by atoms with van der Waals surface area (Å²) in [7, 11) is 1.90. The molecule has 0 saturated heterocycles. The Morgan fingerprint density at radius 2 is 1.85 bits per heavy atom. The Hall–Kier alpha value is -2.31. The van der Waals surface area contributed by atoms with E-state index in [9.17, 15) is 4.79 Å². The molecular formula is C19H19ClN4OS. The molecule has 1 amide bonds. The summed E-state index contributed by atoms with van der Waals surface area (Å²) in [5.74, 6) is 0.958. The topological polar surface area (TPSA) is 59.8 Å². The fourth-order valence-corrected chi connectivity index (χ4v) is 3.62. The van der Waals surface area contributed by atoms with Gasteiger partial charge >= 0.3 is 0 Å². The zero-order chi connectivity index (χ0) is 18.5. The number of hydrogen-bond donors (Lipinski definition) is 1. The van der Waals surface area contributed by atoms with Gasteiger partial charge in [0.2, 0.25) is 5.91 Å². The Kier molecular flexibility index (Phi) is 5.96. The summed E-state index contributed by atoms with van der Waals surface area (Å²) in [6.45, 7) is 1.92. The molecule has 5 nitrogen and oxygen atoms in total. The Morgan fingerprint density at radius 3 is 2.58 bits per heavy atom. The summed E-state index contributed by atoms with van der Waals surface area (Å²) in [5, 5.41) is 12.7. The number of amides is 1. The molecule has 0 saturated carbocycles. The van der Waals surface area contributed by atoms with Gasteiger partial charge in [0, 0.05) is 17.6 Å². The van der Waals surface area contributed by atoms with Crippen LogP contribution in [-0.2, 0) is 11.8 Å². The molecule has 0 aliphatic rings. The molecule has 1 atom stereocenters. The maximum Gasteiger partial charge on any atom is 0.230 e. The third-order valence-electron chi connectivity index (χ3n) is 3.95. The number of aromatic nitrogens is 3. The summed E-state index contributed by atoms with van der Waals surface area (Å²) in [4.78, 5) is 12.3. The Morgan fingerprint density at radius 1 is 1.15 bits per heavy atom. The van der Waals surface area contributed by atoms with Crippen LogP contribution in [0.4, 0.5) is 0 Å². The fourth-order valence-electron chi connectivity index (χ4n) is 2.60. The summed E-state index contributed by atoms with van der Waals surface area (Å²) in [6.07, 6.45) is 0. The summed E-state index contributed by atoms with van der Waals surface area (Å²) in [5.41, 5.74) is 1.89. The van der Waals surface area contributed by atoms with Gasteiger partial charge in [-0.25, -0.2) is 0 Å². The SMILES string of the molecule is C[C@@H](NC(=O)CSc1nnc(-c2ccccc2)n1C)c1ccccc1Cl. The van der Waals surface area contributed by atoms with Gasteiger partial charge in [0.05, 0.1) is 11.8 Å². The Labute approximate surface area is 161 Å². The zero-order valence-electron chi connectivity index (χ0n) is 14.5. The molecular weight excluding hydrogens is 368 g/mol. The van der Waals surface area contributed by atoms with E-state index in [2.05, 4.69) is 15.5 Å². The second kappa shape index (κ2) is 8.38.